The normalized spacial score (nSPS) is 14.3. The van der Waals surface area contributed by atoms with Crippen molar-refractivity contribution < 1.29 is 14.3 Å². The molecule has 0 aliphatic carbocycles. The number of nitrogens with zero attached hydrogens (tertiary/aromatic N) is 3. The van der Waals surface area contributed by atoms with Crippen LogP contribution in [-0.4, -0.2) is 55.2 Å². The van der Waals surface area contributed by atoms with Gasteiger partial charge in [-0.3, -0.25) is 14.6 Å². The van der Waals surface area contributed by atoms with E-state index in [0.717, 1.165) is 48.8 Å². The van der Waals surface area contributed by atoms with Crippen LogP contribution in [0.2, 0.25) is 0 Å². The predicted octanol–water partition coefficient (Wildman–Crippen LogP) is 5.07. The first kappa shape index (κ1) is 21.6. The van der Waals surface area contributed by atoms with Gasteiger partial charge < -0.3 is 9.47 Å². The van der Waals surface area contributed by atoms with E-state index >= 15 is 0 Å². The highest BCUT2D eigenvalue weighted by Crippen LogP contribution is 2.30. The summed E-state index contributed by atoms with van der Waals surface area (Å²) in [5.41, 5.74) is 1.48. The highest BCUT2D eigenvalue weighted by molar-refractivity contribution is 7.22. The average molecular weight is 460 g/mol. The van der Waals surface area contributed by atoms with Gasteiger partial charge in [0.2, 0.25) is 0 Å². The summed E-state index contributed by atoms with van der Waals surface area (Å²) < 4.78 is 12.5. The Morgan fingerprint density at radius 1 is 0.970 bits per heavy atom. The number of fused-ring (bicyclic) bond motifs is 1. The molecule has 2 heterocycles. The molecule has 168 valence electrons. The molecule has 0 bridgehead atoms. The van der Waals surface area contributed by atoms with Crippen molar-refractivity contribution in [2.45, 2.75) is 0 Å². The zero-order valence-corrected chi connectivity index (χ0v) is 19.0. The average Bonchev–Trinajstić information content (AvgIpc) is 3.29. The molecule has 1 amide bonds. The third-order valence-corrected chi connectivity index (χ3v) is 6.62. The summed E-state index contributed by atoms with van der Waals surface area (Å²) in [5.74, 6) is 1.28. The molecule has 7 heteroatoms. The zero-order valence-electron chi connectivity index (χ0n) is 18.2. The minimum Gasteiger partial charge on any atom is -0.457 e. The Hall–Kier alpha value is -3.26. The molecule has 1 aliphatic rings. The topological polar surface area (TPSA) is 54.9 Å². The fraction of sp³-hybridized carbons (Fsp3) is 0.231. The molecule has 1 fully saturated rings. The summed E-state index contributed by atoms with van der Waals surface area (Å²) in [6, 6.07) is 24.9. The third kappa shape index (κ3) is 5.22. The van der Waals surface area contributed by atoms with Gasteiger partial charge in [-0.25, -0.2) is 4.98 Å². The Morgan fingerprint density at radius 3 is 2.55 bits per heavy atom. The maximum atomic E-state index is 13.7. The third-order valence-electron chi connectivity index (χ3n) is 5.56. The number of anilines is 1. The molecule has 6 nitrogen and oxygen atoms in total. The van der Waals surface area contributed by atoms with Crippen molar-refractivity contribution in [2.75, 3.05) is 44.3 Å². The van der Waals surface area contributed by atoms with Gasteiger partial charge in [0.15, 0.2) is 5.13 Å². The Bertz CT molecular complexity index is 1190. The molecule has 0 spiro atoms. The summed E-state index contributed by atoms with van der Waals surface area (Å²) in [5, 5.41) is 0.712. The molecule has 3 aromatic carbocycles. The molecular formula is C26H25N3O3S. The number of morpholine rings is 1. The quantitative estimate of drug-likeness (QED) is 0.386. The molecule has 0 radical (unpaired) electrons. The standard InChI is InChI=1S/C26H25N3O3S/c30-25(20-7-6-10-22(19-20)32-21-8-2-1-3-9-21)29(14-13-28-15-17-31-18-16-28)26-27-23-11-4-5-12-24(23)33-26/h1-12,19H,13-18H2. The van der Waals surface area contributed by atoms with Crippen LogP contribution >= 0.6 is 11.3 Å². The number of thiazole rings is 1. The Morgan fingerprint density at radius 2 is 1.73 bits per heavy atom. The number of benzene rings is 3. The lowest BCUT2D eigenvalue weighted by Crippen LogP contribution is -2.43. The number of aromatic nitrogens is 1. The van der Waals surface area contributed by atoms with E-state index in [1.54, 1.807) is 22.3 Å². The van der Waals surface area contributed by atoms with Crippen molar-refractivity contribution in [3.05, 3.63) is 84.4 Å². The van der Waals surface area contributed by atoms with Crippen molar-refractivity contribution >= 4 is 32.6 Å². The Labute approximate surface area is 197 Å². The number of hydrogen-bond acceptors (Lipinski definition) is 6. The zero-order chi connectivity index (χ0) is 22.5. The highest BCUT2D eigenvalue weighted by atomic mass is 32.1. The second kappa shape index (κ2) is 10.1. The number of ether oxygens (including phenoxy) is 2. The van der Waals surface area contributed by atoms with Crippen molar-refractivity contribution in [3.63, 3.8) is 0 Å². The summed E-state index contributed by atoms with van der Waals surface area (Å²) in [6.07, 6.45) is 0. The van der Waals surface area contributed by atoms with E-state index in [-0.39, 0.29) is 5.91 Å². The number of carbonyl (C=O) groups excluding carboxylic acids is 1. The van der Waals surface area contributed by atoms with E-state index in [2.05, 4.69) is 4.90 Å². The summed E-state index contributed by atoms with van der Waals surface area (Å²) in [6.45, 7) is 4.54. The predicted molar refractivity (Wildman–Crippen MR) is 132 cm³/mol. The van der Waals surface area contributed by atoms with Crippen LogP contribution in [0, 0.1) is 0 Å². The van der Waals surface area contributed by atoms with Gasteiger partial charge in [0, 0.05) is 31.7 Å². The lowest BCUT2D eigenvalue weighted by molar-refractivity contribution is 0.0391. The number of amides is 1. The lowest BCUT2D eigenvalue weighted by Gasteiger charge is -2.29. The van der Waals surface area contributed by atoms with Crippen LogP contribution in [0.3, 0.4) is 0 Å². The van der Waals surface area contributed by atoms with Crippen molar-refractivity contribution in [3.8, 4) is 11.5 Å². The van der Waals surface area contributed by atoms with Gasteiger partial charge in [0.05, 0.1) is 23.4 Å². The molecule has 1 saturated heterocycles. The fourth-order valence-electron chi connectivity index (χ4n) is 3.80. The van der Waals surface area contributed by atoms with Crippen molar-refractivity contribution in [1.82, 2.24) is 9.88 Å². The van der Waals surface area contributed by atoms with Crippen LogP contribution in [0.15, 0.2) is 78.9 Å². The number of carbonyl (C=O) groups is 1. The molecule has 0 saturated carbocycles. The lowest BCUT2D eigenvalue weighted by atomic mass is 10.2. The monoisotopic (exact) mass is 459 g/mol. The van der Waals surface area contributed by atoms with E-state index in [1.807, 2.05) is 72.8 Å². The van der Waals surface area contributed by atoms with Crippen molar-refractivity contribution in [2.24, 2.45) is 0 Å². The molecule has 0 unspecified atom stereocenters. The first-order chi connectivity index (χ1) is 16.3. The van der Waals surface area contributed by atoms with Gasteiger partial charge in [0.1, 0.15) is 11.5 Å². The van der Waals surface area contributed by atoms with Gasteiger partial charge in [-0.05, 0) is 42.5 Å². The summed E-state index contributed by atoms with van der Waals surface area (Å²) in [4.78, 5) is 22.6. The molecule has 33 heavy (non-hydrogen) atoms. The van der Waals surface area contributed by atoms with Gasteiger partial charge in [0.25, 0.3) is 5.91 Å². The maximum Gasteiger partial charge on any atom is 0.260 e. The second-order valence-electron chi connectivity index (χ2n) is 7.82. The first-order valence-corrected chi connectivity index (χ1v) is 11.9. The molecule has 1 aliphatic heterocycles. The van der Waals surface area contributed by atoms with Crippen LogP contribution < -0.4 is 9.64 Å². The van der Waals surface area contributed by atoms with Gasteiger partial charge in [-0.1, -0.05) is 47.7 Å². The second-order valence-corrected chi connectivity index (χ2v) is 8.83. The molecule has 5 rings (SSSR count). The van der Waals surface area contributed by atoms with Crippen LogP contribution in [0.1, 0.15) is 10.4 Å². The molecule has 0 N–H and O–H groups in total. The number of rotatable bonds is 7. The minimum atomic E-state index is -0.0826. The van der Waals surface area contributed by atoms with Crippen LogP contribution in [0.5, 0.6) is 11.5 Å². The number of para-hydroxylation sites is 2. The molecular weight excluding hydrogens is 434 g/mol. The maximum absolute atomic E-state index is 13.7. The van der Waals surface area contributed by atoms with E-state index in [9.17, 15) is 4.79 Å². The number of hydrogen-bond donors (Lipinski definition) is 0. The van der Waals surface area contributed by atoms with Crippen LogP contribution in [0.4, 0.5) is 5.13 Å². The highest BCUT2D eigenvalue weighted by Gasteiger charge is 2.23. The molecule has 1 aromatic heterocycles. The molecule has 0 atom stereocenters. The smallest absolute Gasteiger partial charge is 0.260 e. The van der Waals surface area contributed by atoms with Gasteiger partial charge >= 0.3 is 0 Å². The van der Waals surface area contributed by atoms with Crippen molar-refractivity contribution in [1.29, 1.82) is 0 Å². The van der Waals surface area contributed by atoms with E-state index in [4.69, 9.17) is 14.5 Å². The Kier molecular flexibility index (Phi) is 6.62. The SMILES string of the molecule is O=C(c1cccc(Oc2ccccc2)c1)N(CCN1CCOCC1)c1nc2ccccc2s1. The fourth-order valence-corrected chi connectivity index (χ4v) is 4.79. The minimum absolute atomic E-state index is 0.0826. The van der Waals surface area contributed by atoms with E-state index in [1.165, 1.54) is 0 Å². The molecule has 4 aromatic rings. The largest absolute Gasteiger partial charge is 0.457 e. The Balaban J connectivity index is 1.41. The van der Waals surface area contributed by atoms with Crippen LogP contribution in [0.25, 0.3) is 10.2 Å². The summed E-state index contributed by atoms with van der Waals surface area (Å²) >= 11 is 1.54. The van der Waals surface area contributed by atoms with Gasteiger partial charge in [-0.15, -0.1) is 0 Å². The first-order valence-electron chi connectivity index (χ1n) is 11.1. The van der Waals surface area contributed by atoms with E-state index in [0.29, 0.717) is 23.0 Å². The van der Waals surface area contributed by atoms with Gasteiger partial charge in [-0.2, -0.15) is 0 Å². The van der Waals surface area contributed by atoms with Crippen LogP contribution in [-0.2, 0) is 4.74 Å². The van der Waals surface area contributed by atoms with E-state index < -0.39 is 0 Å². The summed E-state index contributed by atoms with van der Waals surface area (Å²) in [7, 11) is 0.